The summed E-state index contributed by atoms with van der Waals surface area (Å²) in [5.74, 6) is 2.53. The summed E-state index contributed by atoms with van der Waals surface area (Å²) in [6.07, 6.45) is 8.85. The summed E-state index contributed by atoms with van der Waals surface area (Å²) in [5.41, 5.74) is 0.867. The van der Waals surface area contributed by atoms with Crippen LogP contribution in [0.4, 0.5) is 5.69 Å². The van der Waals surface area contributed by atoms with Gasteiger partial charge in [-0.05, 0) is 24.7 Å². The normalized spacial score (nSPS) is 24.4. The van der Waals surface area contributed by atoms with Gasteiger partial charge >= 0.3 is 0 Å². The molecule has 146 valence electrons. The molecule has 2 fully saturated rings. The van der Waals surface area contributed by atoms with Crippen molar-refractivity contribution in [2.75, 3.05) is 38.1 Å². The lowest BCUT2D eigenvalue weighted by Crippen LogP contribution is -2.55. The lowest BCUT2D eigenvalue weighted by molar-refractivity contribution is -0.120. The molecule has 0 radical (unpaired) electrons. The van der Waals surface area contributed by atoms with Gasteiger partial charge in [-0.2, -0.15) is 5.10 Å². The summed E-state index contributed by atoms with van der Waals surface area (Å²) < 4.78 is 1.72. The van der Waals surface area contributed by atoms with Crippen molar-refractivity contribution in [2.24, 2.45) is 23.9 Å². The first-order valence-electron chi connectivity index (χ1n) is 9.31. The summed E-state index contributed by atoms with van der Waals surface area (Å²) in [4.78, 5) is 20.8. The fourth-order valence-corrected chi connectivity index (χ4v) is 3.78. The second-order valence-corrected chi connectivity index (χ2v) is 7.39. The number of hydrogen-bond acceptors (Lipinski definition) is 3. The van der Waals surface area contributed by atoms with Crippen molar-refractivity contribution in [3.05, 3.63) is 12.4 Å². The molecular weight excluding hydrogens is 443 g/mol. The number of hydrogen-bond donors (Lipinski definition) is 1. The number of rotatable bonds is 3. The largest absolute Gasteiger partial charge is 0.356 e. The lowest BCUT2D eigenvalue weighted by Gasteiger charge is -2.36. The molecule has 7 nitrogen and oxygen atoms in total. The average molecular weight is 474 g/mol. The highest BCUT2D eigenvalue weighted by Crippen LogP contribution is 2.27. The molecule has 2 heterocycles. The Kier molecular flexibility index (Phi) is 7.72. The van der Waals surface area contributed by atoms with E-state index in [1.165, 1.54) is 25.7 Å². The number of carbonyl (C=O) groups excluding carboxylic acids is 1. The van der Waals surface area contributed by atoms with Gasteiger partial charge in [0.1, 0.15) is 6.54 Å². The molecule has 2 aliphatic rings. The maximum Gasteiger partial charge on any atom is 0.246 e. The summed E-state index contributed by atoms with van der Waals surface area (Å²) in [6.45, 7) is 5.09. The Morgan fingerprint density at radius 3 is 2.62 bits per heavy atom. The van der Waals surface area contributed by atoms with Crippen molar-refractivity contribution in [3.8, 4) is 0 Å². The molecule has 1 saturated carbocycles. The minimum absolute atomic E-state index is 0. The fraction of sp³-hybridized carbons (Fsp3) is 0.722. The van der Waals surface area contributed by atoms with E-state index in [9.17, 15) is 4.79 Å². The van der Waals surface area contributed by atoms with Crippen molar-refractivity contribution < 1.29 is 4.79 Å². The first-order valence-corrected chi connectivity index (χ1v) is 9.31. The maximum atomic E-state index is 12.5. The number of guanidine groups is 1. The third-order valence-electron chi connectivity index (χ3n) is 5.42. The third-order valence-corrected chi connectivity index (χ3v) is 5.42. The molecule has 1 aromatic heterocycles. The number of aryl methyl sites for hydroxylation is 1. The van der Waals surface area contributed by atoms with Gasteiger partial charge in [0.2, 0.25) is 5.91 Å². The van der Waals surface area contributed by atoms with E-state index in [0.717, 1.165) is 36.6 Å². The fourth-order valence-electron chi connectivity index (χ4n) is 3.78. The number of halogens is 1. The highest BCUT2D eigenvalue weighted by Gasteiger charge is 2.28. The highest BCUT2D eigenvalue weighted by molar-refractivity contribution is 14.0. The predicted octanol–water partition coefficient (Wildman–Crippen LogP) is 2.09. The number of carbonyl (C=O) groups is 1. The van der Waals surface area contributed by atoms with Crippen LogP contribution in [0.2, 0.25) is 0 Å². The SMILES string of the molecule is CN=C(NCC1CCC(C)CC1)N1CCN(c2cnn(C)c2)C(=O)C1.I. The second kappa shape index (κ2) is 9.57. The van der Waals surface area contributed by atoms with E-state index in [-0.39, 0.29) is 29.9 Å². The Morgan fingerprint density at radius 1 is 1.31 bits per heavy atom. The molecule has 0 unspecified atom stereocenters. The zero-order valence-electron chi connectivity index (χ0n) is 16.0. The molecule has 0 aromatic carbocycles. The van der Waals surface area contributed by atoms with Gasteiger partial charge in [-0.1, -0.05) is 19.8 Å². The number of aromatic nitrogens is 2. The Morgan fingerprint density at radius 2 is 2.04 bits per heavy atom. The first kappa shape index (κ1) is 21.0. The van der Waals surface area contributed by atoms with Gasteiger partial charge in [0.25, 0.3) is 0 Å². The number of amides is 1. The molecule has 1 aliphatic heterocycles. The lowest BCUT2D eigenvalue weighted by atomic mass is 9.83. The summed E-state index contributed by atoms with van der Waals surface area (Å²) in [7, 11) is 3.66. The van der Waals surface area contributed by atoms with Crippen molar-refractivity contribution in [2.45, 2.75) is 32.6 Å². The van der Waals surface area contributed by atoms with E-state index in [2.05, 4.69) is 27.2 Å². The van der Waals surface area contributed by atoms with E-state index in [4.69, 9.17) is 0 Å². The van der Waals surface area contributed by atoms with Crippen molar-refractivity contribution in [1.29, 1.82) is 0 Å². The molecule has 26 heavy (non-hydrogen) atoms. The minimum atomic E-state index is 0. The van der Waals surface area contributed by atoms with Crippen LogP contribution in [-0.4, -0.2) is 59.8 Å². The van der Waals surface area contributed by atoms with Crippen LogP contribution in [0.5, 0.6) is 0 Å². The van der Waals surface area contributed by atoms with E-state index >= 15 is 0 Å². The van der Waals surface area contributed by atoms with Crippen LogP contribution in [0.15, 0.2) is 17.4 Å². The summed E-state index contributed by atoms with van der Waals surface area (Å²) in [6, 6.07) is 0. The molecule has 1 amide bonds. The van der Waals surface area contributed by atoms with E-state index < -0.39 is 0 Å². The van der Waals surface area contributed by atoms with Crippen LogP contribution >= 0.6 is 24.0 Å². The van der Waals surface area contributed by atoms with Crippen molar-refractivity contribution in [3.63, 3.8) is 0 Å². The smallest absolute Gasteiger partial charge is 0.246 e. The second-order valence-electron chi connectivity index (χ2n) is 7.39. The number of aliphatic imine (C=N–C) groups is 1. The Balaban J connectivity index is 0.00000243. The first-order chi connectivity index (χ1) is 12.1. The van der Waals surface area contributed by atoms with Crippen molar-refractivity contribution in [1.82, 2.24) is 20.0 Å². The molecule has 1 N–H and O–H groups in total. The Hall–Kier alpha value is -1.32. The van der Waals surface area contributed by atoms with Gasteiger partial charge in [-0.3, -0.25) is 14.5 Å². The van der Waals surface area contributed by atoms with E-state index in [1.54, 1.807) is 22.8 Å². The van der Waals surface area contributed by atoms with Gasteiger partial charge in [0.15, 0.2) is 5.96 Å². The summed E-state index contributed by atoms with van der Waals surface area (Å²) >= 11 is 0. The monoisotopic (exact) mass is 474 g/mol. The van der Waals surface area contributed by atoms with Crippen LogP contribution in [0.3, 0.4) is 0 Å². The van der Waals surface area contributed by atoms with Gasteiger partial charge in [-0.25, -0.2) is 0 Å². The van der Waals surface area contributed by atoms with Gasteiger partial charge < -0.3 is 15.1 Å². The third kappa shape index (κ3) is 5.11. The van der Waals surface area contributed by atoms with Crippen molar-refractivity contribution >= 4 is 41.5 Å². The molecule has 1 saturated heterocycles. The molecule has 8 heteroatoms. The molecule has 3 rings (SSSR count). The Bertz CT molecular complexity index is 623. The summed E-state index contributed by atoms with van der Waals surface area (Å²) in [5, 5.41) is 7.65. The number of nitrogens with one attached hydrogen (secondary N) is 1. The molecule has 0 bridgehead atoms. The number of anilines is 1. The maximum absolute atomic E-state index is 12.5. The molecule has 0 atom stereocenters. The van der Waals surface area contributed by atoms with Crippen LogP contribution in [0.1, 0.15) is 32.6 Å². The minimum Gasteiger partial charge on any atom is -0.356 e. The molecular formula is C18H31IN6O. The number of nitrogens with zero attached hydrogens (tertiary/aromatic N) is 5. The average Bonchev–Trinajstić information content (AvgIpc) is 3.03. The highest BCUT2D eigenvalue weighted by atomic mass is 127. The van der Waals surface area contributed by atoms with Gasteiger partial charge in [0, 0.05) is 39.9 Å². The number of piperazine rings is 1. The van der Waals surface area contributed by atoms with Gasteiger partial charge in [-0.15, -0.1) is 24.0 Å². The quantitative estimate of drug-likeness (QED) is 0.414. The van der Waals surface area contributed by atoms with E-state index in [1.807, 2.05) is 13.2 Å². The zero-order chi connectivity index (χ0) is 17.8. The van der Waals surface area contributed by atoms with Gasteiger partial charge in [0.05, 0.1) is 11.9 Å². The van der Waals surface area contributed by atoms with Crippen LogP contribution < -0.4 is 10.2 Å². The van der Waals surface area contributed by atoms with Crippen LogP contribution in [0.25, 0.3) is 0 Å². The Labute approximate surface area is 173 Å². The van der Waals surface area contributed by atoms with Crippen LogP contribution in [-0.2, 0) is 11.8 Å². The predicted molar refractivity (Wildman–Crippen MR) is 115 cm³/mol. The molecule has 1 aliphatic carbocycles. The van der Waals surface area contributed by atoms with Crippen LogP contribution in [0, 0.1) is 11.8 Å². The topological polar surface area (TPSA) is 65.8 Å². The molecule has 1 aromatic rings. The van der Waals surface area contributed by atoms with E-state index in [0.29, 0.717) is 13.1 Å². The standard InChI is InChI=1S/C18H30N6O.HI/c1-14-4-6-15(7-5-14)10-20-18(19-2)23-8-9-24(17(25)13-23)16-11-21-22(3)12-16;/h11-12,14-15H,4-10,13H2,1-3H3,(H,19,20);1H. The zero-order valence-corrected chi connectivity index (χ0v) is 18.3. The molecule has 0 spiro atoms.